The van der Waals surface area contributed by atoms with E-state index in [4.69, 9.17) is 4.74 Å². The first-order valence-corrected chi connectivity index (χ1v) is 9.34. The van der Waals surface area contributed by atoms with Gasteiger partial charge in [0.15, 0.2) is 0 Å². The fraction of sp³-hybridized carbons (Fsp3) is 0.526. The Morgan fingerprint density at radius 2 is 2.18 bits per heavy atom. The van der Waals surface area contributed by atoms with E-state index >= 15 is 0 Å². The highest BCUT2D eigenvalue weighted by atomic mass is 16.6. The second kappa shape index (κ2) is 7.95. The fourth-order valence-electron chi connectivity index (χ4n) is 3.24. The van der Waals surface area contributed by atoms with Gasteiger partial charge in [0.1, 0.15) is 11.4 Å². The van der Waals surface area contributed by atoms with Crippen LogP contribution in [-0.2, 0) is 4.74 Å². The summed E-state index contributed by atoms with van der Waals surface area (Å²) in [6.07, 6.45) is 3.24. The van der Waals surface area contributed by atoms with E-state index in [1.165, 1.54) is 12.1 Å². The minimum atomic E-state index is -0.515. The zero-order chi connectivity index (χ0) is 20.3. The average Bonchev–Trinajstić information content (AvgIpc) is 2.64. The van der Waals surface area contributed by atoms with E-state index in [-0.39, 0.29) is 11.6 Å². The van der Waals surface area contributed by atoms with Crippen molar-refractivity contribution in [1.29, 1.82) is 0 Å². The number of nitrogens with zero attached hydrogens (tertiary/aromatic N) is 4. The van der Waals surface area contributed by atoms with Crippen LogP contribution >= 0.6 is 0 Å². The number of nitro benzene ring substituents is 1. The second-order valence-corrected chi connectivity index (χ2v) is 8.00. The molecule has 1 aromatic heterocycles. The number of aromatic nitrogens is 2. The lowest BCUT2D eigenvalue weighted by molar-refractivity contribution is -0.384. The van der Waals surface area contributed by atoms with Gasteiger partial charge in [-0.25, -0.2) is 9.78 Å². The van der Waals surface area contributed by atoms with Gasteiger partial charge >= 0.3 is 6.09 Å². The maximum absolute atomic E-state index is 11.9. The summed E-state index contributed by atoms with van der Waals surface area (Å²) in [6, 6.07) is 4.48. The van der Waals surface area contributed by atoms with Gasteiger partial charge in [-0.2, -0.15) is 0 Å². The first-order valence-electron chi connectivity index (χ1n) is 9.34. The zero-order valence-corrected chi connectivity index (χ0v) is 16.3. The Bertz CT molecular complexity index is 880. The molecule has 3 rings (SSSR count). The number of alkyl carbamates (subject to hydrolysis) is 1. The highest BCUT2D eigenvalue weighted by Crippen LogP contribution is 2.24. The van der Waals surface area contributed by atoms with Crippen molar-refractivity contribution in [2.45, 2.75) is 39.2 Å². The minimum Gasteiger partial charge on any atom is -0.444 e. The van der Waals surface area contributed by atoms with E-state index in [1.807, 2.05) is 20.8 Å². The van der Waals surface area contributed by atoms with Gasteiger partial charge in [0, 0.05) is 31.8 Å². The first-order chi connectivity index (χ1) is 13.2. The Morgan fingerprint density at radius 3 is 2.89 bits per heavy atom. The van der Waals surface area contributed by atoms with Crippen LogP contribution < -0.4 is 10.2 Å². The average molecular weight is 387 g/mol. The van der Waals surface area contributed by atoms with Gasteiger partial charge in [0.25, 0.3) is 5.69 Å². The number of non-ortho nitro benzene ring substituents is 1. The van der Waals surface area contributed by atoms with Crippen LogP contribution in [0.1, 0.15) is 33.6 Å². The lowest BCUT2D eigenvalue weighted by atomic mass is 9.98. The quantitative estimate of drug-likeness (QED) is 0.633. The highest BCUT2D eigenvalue weighted by molar-refractivity contribution is 5.78. The van der Waals surface area contributed by atoms with Crippen molar-refractivity contribution >= 4 is 28.6 Å². The number of anilines is 1. The van der Waals surface area contributed by atoms with Crippen molar-refractivity contribution in [2.24, 2.45) is 5.92 Å². The maximum atomic E-state index is 11.9. The zero-order valence-electron chi connectivity index (χ0n) is 16.3. The predicted molar refractivity (Wildman–Crippen MR) is 105 cm³/mol. The van der Waals surface area contributed by atoms with Crippen LogP contribution in [0.15, 0.2) is 24.4 Å². The summed E-state index contributed by atoms with van der Waals surface area (Å²) in [7, 11) is 0. The Kier molecular flexibility index (Phi) is 5.62. The van der Waals surface area contributed by atoms with Gasteiger partial charge in [-0.15, -0.1) is 0 Å². The molecule has 0 radical (unpaired) electrons. The third-order valence-corrected chi connectivity index (χ3v) is 4.50. The predicted octanol–water partition coefficient (Wildman–Crippen LogP) is 3.28. The summed E-state index contributed by atoms with van der Waals surface area (Å²) < 4.78 is 5.28. The van der Waals surface area contributed by atoms with E-state index in [0.717, 1.165) is 31.7 Å². The summed E-state index contributed by atoms with van der Waals surface area (Å²) in [6.45, 7) is 7.66. The molecule has 0 saturated carbocycles. The molecule has 1 aliphatic rings. The molecule has 2 aromatic rings. The number of benzene rings is 1. The number of hydrogen-bond donors (Lipinski definition) is 1. The van der Waals surface area contributed by atoms with E-state index in [9.17, 15) is 14.9 Å². The van der Waals surface area contributed by atoms with Gasteiger partial charge in [-0.3, -0.25) is 15.1 Å². The molecule has 2 heterocycles. The molecule has 1 aliphatic heterocycles. The number of ether oxygens (including phenoxy) is 1. The van der Waals surface area contributed by atoms with Crippen LogP contribution in [0.4, 0.5) is 16.3 Å². The first kappa shape index (κ1) is 19.8. The lowest BCUT2D eigenvalue weighted by Gasteiger charge is -2.33. The molecular weight excluding hydrogens is 362 g/mol. The SMILES string of the molecule is CC(C)(C)OC(=O)NC[C@@H]1CCCN(c2cnc3cc([N+](=O)[O-])ccc3n2)C1. The van der Waals surface area contributed by atoms with Gasteiger partial charge in [-0.05, 0) is 45.6 Å². The number of carbonyl (C=O) groups excluding carboxylic acids is 1. The number of nitro groups is 1. The molecule has 1 amide bonds. The van der Waals surface area contributed by atoms with Gasteiger partial charge in [-0.1, -0.05) is 0 Å². The molecule has 0 unspecified atom stereocenters. The summed E-state index contributed by atoms with van der Waals surface area (Å²) in [5.74, 6) is 1.03. The van der Waals surface area contributed by atoms with E-state index < -0.39 is 16.6 Å². The number of piperidine rings is 1. The Labute approximate surface area is 163 Å². The second-order valence-electron chi connectivity index (χ2n) is 8.00. The van der Waals surface area contributed by atoms with Crippen LogP contribution in [0.3, 0.4) is 0 Å². The molecule has 1 aromatic carbocycles. The van der Waals surface area contributed by atoms with Gasteiger partial charge < -0.3 is 15.0 Å². The van der Waals surface area contributed by atoms with E-state index in [0.29, 0.717) is 17.6 Å². The van der Waals surface area contributed by atoms with Crippen molar-refractivity contribution in [3.8, 4) is 0 Å². The molecule has 0 spiro atoms. The van der Waals surface area contributed by atoms with Gasteiger partial charge in [0.2, 0.25) is 0 Å². The van der Waals surface area contributed by atoms with Crippen LogP contribution in [-0.4, -0.2) is 46.2 Å². The molecule has 1 N–H and O–H groups in total. The third-order valence-electron chi connectivity index (χ3n) is 4.50. The van der Waals surface area contributed by atoms with Crippen molar-refractivity contribution in [3.63, 3.8) is 0 Å². The Morgan fingerprint density at radius 1 is 1.39 bits per heavy atom. The van der Waals surface area contributed by atoms with E-state index in [2.05, 4.69) is 20.2 Å². The van der Waals surface area contributed by atoms with Gasteiger partial charge in [0.05, 0.1) is 22.2 Å². The van der Waals surface area contributed by atoms with Crippen molar-refractivity contribution < 1.29 is 14.5 Å². The van der Waals surface area contributed by atoms with Crippen molar-refractivity contribution in [3.05, 3.63) is 34.5 Å². The van der Waals surface area contributed by atoms with Crippen LogP contribution in [0, 0.1) is 16.0 Å². The molecule has 0 aliphatic carbocycles. The lowest BCUT2D eigenvalue weighted by Crippen LogP contribution is -2.42. The Balaban J connectivity index is 1.64. The van der Waals surface area contributed by atoms with Crippen molar-refractivity contribution in [2.75, 3.05) is 24.5 Å². The van der Waals surface area contributed by atoms with Crippen LogP contribution in [0.2, 0.25) is 0 Å². The molecule has 9 heteroatoms. The molecule has 1 atom stereocenters. The maximum Gasteiger partial charge on any atom is 0.407 e. The number of rotatable bonds is 4. The number of amides is 1. The number of carbonyl (C=O) groups is 1. The fourth-order valence-corrected chi connectivity index (χ4v) is 3.24. The highest BCUT2D eigenvalue weighted by Gasteiger charge is 2.23. The third kappa shape index (κ3) is 5.05. The molecule has 150 valence electrons. The van der Waals surface area contributed by atoms with Crippen molar-refractivity contribution in [1.82, 2.24) is 15.3 Å². The number of nitrogens with one attached hydrogen (secondary N) is 1. The summed E-state index contributed by atoms with van der Waals surface area (Å²) in [4.78, 5) is 33.4. The molecule has 1 fully saturated rings. The minimum absolute atomic E-state index is 0.000744. The van der Waals surface area contributed by atoms with Crippen LogP contribution in [0.5, 0.6) is 0 Å². The van der Waals surface area contributed by atoms with Crippen LogP contribution in [0.25, 0.3) is 11.0 Å². The number of fused-ring (bicyclic) bond motifs is 1. The normalized spacial score (nSPS) is 17.4. The monoisotopic (exact) mass is 387 g/mol. The molecule has 0 bridgehead atoms. The summed E-state index contributed by atoms with van der Waals surface area (Å²) >= 11 is 0. The molecule has 9 nitrogen and oxygen atoms in total. The standard InChI is InChI=1S/C19H25N5O4/c1-19(2,3)28-18(25)21-10-13-5-4-8-23(12-13)17-11-20-16-9-14(24(26)27)6-7-15(16)22-17/h6-7,9,11,13H,4-5,8,10,12H2,1-3H3,(H,21,25)/t13-/m0/s1. The Hall–Kier alpha value is -2.97. The largest absolute Gasteiger partial charge is 0.444 e. The van der Waals surface area contributed by atoms with E-state index in [1.54, 1.807) is 12.3 Å². The summed E-state index contributed by atoms with van der Waals surface area (Å²) in [5.41, 5.74) is 0.606. The number of hydrogen-bond acceptors (Lipinski definition) is 7. The molecule has 1 saturated heterocycles. The molecule has 28 heavy (non-hydrogen) atoms. The summed E-state index contributed by atoms with van der Waals surface area (Å²) in [5, 5.41) is 13.7. The topological polar surface area (TPSA) is 110 Å². The molecular formula is C19H25N5O4. The smallest absolute Gasteiger partial charge is 0.407 e.